The van der Waals surface area contributed by atoms with Gasteiger partial charge in [0.05, 0.1) is 0 Å². The van der Waals surface area contributed by atoms with Gasteiger partial charge >= 0.3 is 0 Å². The first-order valence-electron chi connectivity index (χ1n) is 9.54. The molecule has 21 heavy (non-hydrogen) atoms. The molecule has 1 aliphatic rings. The zero-order valence-electron chi connectivity index (χ0n) is 15.8. The van der Waals surface area contributed by atoms with Crippen LogP contribution in [-0.2, 0) is 0 Å². The maximum absolute atomic E-state index is 2.83. The smallest absolute Gasteiger partial charge is 0.0105 e. The zero-order valence-corrected chi connectivity index (χ0v) is 15.8. The SMILES string of the molecule is CCCCC(C)(C)CC(CC(C)(C)CC)N1CCCCC1. The highest BCUT2D eigenvalue weighted by Crippen LogP contribution is 2.37. The topological polar surface area (TPSA) is 3.24 Å². The summed E-state index contributed by atoms with van der Waals surface area (Å²) in [6.45, 7) is 17.3. The Balaban J connectivity index is 2.70. The third kappa shape index (κ3) is 7.17. The summed E-state index contributed by atoms with van der Waals surface area (Å²) in [5, 5.41) is 0. The van der Waals surface area contributed by atoms with Crippen LogP contribution in [0.4, 0.5) is 0 Å². The van der Waals surface area contributed by atoms with Gasteiger partial charge in [0.25, 0.3) is 0 Å². The summed E-state index contributed by atoms with van der Waals surface area (Å²) in [7, 11) is 0. The average molecular weight is 296 g/mol. The van der Waals surface area contributed by atoms with Crippen molar-refractivity contribution < 1.29 is 0 Å². The molecule has 0 spiro atoms. The third-order valence-electron chi connectivity index (χ3n) is 5.65. The second-order valence-corrected chi connectivity index (χ2v) is 8.94. The normalized spacial score (nSPS) is 19.7. The molecule has 0 amide bonds. The molecule has 0 aromatic heterocycles. The molecule has 0 aliphatic carbocycles. The Bertz CT molecular complexity index is 274. The van der Waals surface area contributed by atoms with Crippen LogP contribution in [-0.4, -0.2) is 24.0 Å². The number of hydrogen-bond acceptors (Lipinski definition) is 1. The average Bonchev–Trinajstić information content (AvgIpc) is 2.45. The van der Waals surface area contributed by atoms with Gasteiger partial charge in [0, 0.05) is 6.04 Å². The van der Waals surface area contributed by atoms with E-state index < -0.39 is 0 Å². The Morgan fingerprint density at radius 2 is 1.43 bits per heavy atom. The van der Waals surface area contributed by atoms with E-state index in [1.54, 1.807) is 0 Å². The highest BCUT2D eigenvalue weighted by atomic mass is 15.2. The molecule has 126 valence electrons. The molecule has 0 aromatic carbocycles. The van der Waals surface area contributed by atoms with Crippen molar-refractivity contribution in [2.45, 2.75) is 105 Å². The van der Waals surface area contributed by atoms with Crippen molar-refractivity contribution in [2.24, 2.45) is 10.8 Å². The quantitative estimate of drug-likeness (QED) is 0.484. The molecular formula is C20H41N. The molecule has 0 aromatic rings. The zero-order chi connectivity index (χ0) is 15.9. The molecule has 1 heteroatoms. The van der Waals surface area contributed by atoms with E-state index >= 15 is 0 Å². The van der Waals surface area contributed by atoms with Crippen molar-refractivity contribution in [2.75, 3.05) is 13.1 Å². The Kier molecular flexibility index (Phi) is 7.74. The Morgan fingerprint density at radius 1 is 0.857 bits per heavy atom. The minimum Gasteiger partial charge on any atom is -0.300 e. The maximum atomic E-state index is 2.83. The van der Waals surface area contributed by atoms with Gasteiger partial charge in [0.2, 0.25) is 0 Å². The van der Waals surface area contributed by atoms with Crippen LogP contribution < -0.4 is 0 Å². The van der Waals surface area contributed by atoms with E-state index in [-0.39, 0.29) is 0 Å². The van der Waals surface area contributed by atoms with E-state index in [1.165, 1.54) is 70.9 Å². The van der Waals surface area contributed by atoms with Crippen molar-refractivity contribution in [3.63, 3.8) is 0 Å². The maximum Gasteiger partial charge on any atom is 0.0105 e. The van der Waals surface area contributed by atoms with Gasteiger partial charge < -0.3 is 4.90 Å². The van der Waals surface area contributed by atoms with Gasteiger partial charge in [-0.2, -0.15) is 0 Å². The summed E-state index contributed by atoms with van der Waals surface area (Å²) < 4.78 is 0. The predicted octanol–water partition coefficient (Wildman–Crippen LogP) is 6.27. The number of rotatable bonds is 9. The minimum atomic E-state index is 0.489. The summed E-state index contributed by atoms with van der Waals surface area (Å²) in [5.74, 6) is 0. The lowest BCUT2D eigenvalue weighted by molar-refractivity contribution is 0.0786. The highest BCUT2D eigenvalue weighted by molar-refractivity contribution is 4.85. The van der Waals surface area contributed by atoms with Crippen molar-refractivity contribution >= 4 is 0 Å². The molecule has 0 N–H and O–H groups in total. The van der Waals surface area contributed by atoms with Crippen LogP contribution in [0.5, 0.6) is 0 Å². The number of unbranched alkanes of at least 4 members (excludes halogenated alkanes) is 1. The van der Waals surface area contributed by atoms with E-state index in [0.29, 0.717) is 10.8 Å². The first-order chi connectivity index (χ1) is 9.79. The highest BCUT2D eigenvalue weighted by Gasteiger charge is 2.31. The van der Waals surface area contributed by atoms with Gasteiger partial charge in [0.15, 0.2) is 0 Å². The van der Waals surface area contributed by atoms with Crippen LogP contribution in [0.1, 0.15) is 99.3 Å². The van der Waals surface area contributed by atoms with Crippen molar-refractivity contribution in [1.29, 1.82) is 0 Å². The monoisotopic (exact) mass is 295 g/mol. The molecule has 1 rings (SSSR count). The fourth-order valence-corrected chi connectivity index (χ4v) is 3.79. The summed E-state index contributed by atoms with van der Waals surface area (Å²) in [4.78, 5) is 2.83. The van der Waals surface area contributed by atoms with Gasteiger partial charge in [-0.3, -0.25) is 0 Å². The fourth-order valence-electron chi connectivity index (χ4n) is 3.79. The van der Waals surface area contributed by atoms with Crippen molar-refractivity contribution in [3.05, 3.63) is 0 Å². The third-order valence-corrected chi connectivity index (χ3v) is 5.65. The summed E-state index contributed by atoms with van der Waals surface area (Å²) in [6, 6.07) is 0.798. The van der Waals surface area contributed by atoms with Gasteiger partial charge in [-0.15, -0.1) is 0 Å². The molecule has 0 saturated carbocycles. The number of nitrogens with zero attached hydrogens (tertiary/aromatic N) is 1. The van der Waals surface area contributed by atoms with Crippen LogP contribution in [0, 0.1) is 10.8 Å². The van der Waals surface area contributed by atoms with Crippen molar-refractivity contribution in [3.8, 4) is 0 Å². The van der Waals surface area contributed by atoms with Gasteiger partial charge in [-0.25, -0.2) is 0 Å². The molecule has 1 unspecified atom stereocenters. The standard InChI is InChI=1S/C20H41N/c1-7-9-13-20(5,6)17-18(16-19(3,4)8-2)21-14-11-10-12-15-21/h18H,7-17H2,1-6H3. The molecule has 0 radical (unpaired) electrons. The molecule has 0 bridgehead atoms. The minimum absolute atomic E-state index is 0.489. The molecule has 1 aliphatic heterocycles. The Hall–Kier alpha value is -0.0400. The Labute approximate surface area is 134 Å². The van der Waals surface area contributed by atoms with E-state index in [9.17, 15) is 0 Å². The lowest BCUT2D eigenvalue weighted by atomic mass is 9.75. The summed E-state index contributed by atoms with van der Waals surface area (Å²) >= 11 is 0. The van der Waals surface area contributed by atoms with Crippen LogP contribution in [0.2, 0.25) is 0 Å². The van der Waals surface area contributed by atoms with Gasteiger partial charge in [-0.05, 0) is 56.0 Å². The molecular weight excluding hydrogens is 254 g/mol. The molecule has 1 nitrogen and oxygen atoms in total. The largest absolute Gasteiger partial charge is 0.300 e. The van der Waals surface area contributed by atoms with Gasteiger partial charge in [0.1, 0.15) is 0 Å². The van der Waals surface area contributed by atoms with Crippen LogP contribution in [0.3, 0.4) is 0 Å². The van der Waals surface area contributed by atoms with Crippen molar-refractivity contribution in [1.82, 2.24) is 4.90 Å². The van der Waals surface area contributed by atoms with Crippen LogP contribution in [0.25, 0.3) is 0 Å². The van der Waals surface area contributed by atoms with Gasteiger partial charge in [-0.1, -0.05) is 67.2 Å². The van der Waals surface area contributed by atoms with E-state index in [4.69, 9.17) is 0 Å². The van der Waals surface area contributed by atoms with Crippen LogP contribution >= 0.6 is 0 Å². The number of piperidine rings is 1. The number of hydrogen-bond donors (Lipinski definition) is 0. The van der Waals surface area contributed by atoms with Crippen LogP contribution in [0.15, 0.2) is 0 Å². The van der Waals surface area contributed by atoms with E-state index in [1.807, 2.05) is 0 Å². The summed E-state index contributed by atoms with van der Waals surface area (Å²) in [6.07, 6.45) is 12.4. The lowest BCUT2D eigenvalue weighted by Gasteiger charge is -2.42. The Morgan fingerprint density at radius 3 is 1.95 bits per heavy atom. The fraction of sp³-hybridized carbons (Fsp3) is 1.00. The molecule has 1 saturated heterocycles. The lowest BCUT2D eigenvalue weighted by Crippen LogP contribution is -2.43. The van der Waals surface area contributed by atoms with E-state index in [0.717, 1.165) is 6.04 Å². The predicted molar refractivity (Wildman–Crippen MR) is 95.8 cm³/mol. The van der Waals surface area contributed by atoms with E-state index in [2.05, 4.69) is 46.4 Å². The first-order valence-corrected chi connectivity index (χ1v) is 9.54. The second kappa shape index (κ2) is 8.56. The molecule has 1 atom stereocenters. The second-order valence-electron chi connectivity index (χ2n) is 8.94. The molecule has 1 fully saturated rings. The number of likely N-dealkylation sites (tertiary alicyclic amines) is 1. The first kappa shape index (κ1) is 19.0. The molecule has 1 heterocycles. The summed E-state index contributed by atoms with van der Waals surface area (Å²) in [5.41, 5.74) is 0.991.